The average molecular weight is 275 g/mol. The molecule has 5 heteroatoms. The van der Waals surface area contributed by atoms with Crippen LogP contribution in [0.5, 0.6) is 0 Å². The highest BCUT2D eigenvalue weighted by molar-refractivity contribution is 7.11. The Labute approximate surface area is 116 Å². The summed E-state index contributed by atoms with van der Waals surface area (Å²) in [6, 6.07) is 7.23. The van der Waals surface area contributed by atoms with Gasteiger partial charge in [0, 0.05) is 23.2 Å². The summed E-state index contributed by atoms with van der Waals surface area (Å²) in [6.45, 7) is 4.42. The second-order valence-corrected chi connectivity index (χ2v) is 5.67. The highest BCUT2D eigenvalue weighted by atomic mass is 32.1. The van der Waals surface area contributed by atoms with Crippen LogP contribution in [-0.4, -0.2) is 10.9 Å². The third kappa shape index (κ3) is 3.39. The van der Waals surface area contributed by atoms with E-state index in [2.05, 4.69) is 10.3 Å². The molecule has 0 bridgehead atoms. The van der Waals surface area contributed by atoms with E-state index in [1.165, 1.54) is 0 Å². The number of hydrogen-bond acceptors (Lipinski definition) is 4. The van der Waals surface area contributed by atoms with Crippen LogP contribution in [0.2, 0.25) is 0 Å². The van der Waals surface area contributed by atoms with E-state index >= 15 is 0 Å². The Kier molecular flexibility index (Phi) is 4.29. The third-order valence-corrected chi connectivity index (χ3v) is 3.90. The Morgan fingerprint density at radius 3 is 2.63 bits per heavy atom. The topological polar surface area (TPSA) is 68.0 Å². The molecule has 4 nitrogen and oxygen atoms in total. The Hall–Kier alpha value is -1.72. The van der Waals surface area contributed by atoms with Crippen LogP contribution in [0.4, 0.5) is 0 Å². The molecule has 0 aliphatic heterocycles. The van der Waals surface area contributed by atoms with Crippen molar-refractivity contribution in [2.24, 2.45) is 5.73 Å². The lowest BCUT2D eigenvalue weighted by Gasteiger charge is -2.11. The molecule has 0 aliphatic carbocycles. The van der Waals surface area contributed by atoms with E-state index in [4.69, 9.17) is 5.73 Å². The number of aryl methyl sites for hydroxylation is 1. The van der Waals surface area contributed by atoms with Crippen LogP contribution in [0.15, 0.2) is 30.5 Å². The Bertz CT molecular complexity index is 562. The number of nitrogens with two attached hydrogens (primary N) is 1. The Morgan fingerprint density at radius 2 is 2.11 bits per heavy atom. The summed E-state index contributed by atoms with van der Waals surface area (Å²) in [6.07, 6.45) is 1.82. The first kappa shape index (κ1) is 13.7. The maximum Gasteiger partial charge on any atom is 0.251 e. The maximum absolute atomic E-state index is 12.1. The van der Waals surface area contributed by atoms with Crippen molar-refractivity contribution in [3.05, 3.63) is 51.5 Å². The normalized spacial score (nSPS) is 12.2. The van der Waals surface area contributed by atoms with E-state index in [1.54, 1.807) is 23.5 Å². The molecule has 100 valence electrons. The molecule has 0 saturated carbocycles. The Morgan fingerprint density at radius 1 is 1.42 bits per heavy atom. The van der Waals surface area contributed by atoms with Gasteiger partial charge in [-0.1, -0.05) is 12.1 Å². The molecule has 19 heavy (non-hydrogen) atoms. The molecular formula is C14H17N3OS. The number of amides is 1. The number of carbonyl (C=O) groups is 1. The minimum Gasteiger partial charge on any atom is -0.343 e. The number of rotatable bonds is 4. The van der Waals surface area contributed by atoms with Gasteiger partial charge in [0.1, 0.15) is 5.01 Å². The standard InChI is InChI=1S/C14H17N3OS/c1-9-8-16-14(19-9)10(2)17-13(18)12-5-3-11(7-15)4-6-12/h3-6,8,10H,7,15H2,1-2H3,(H,17,18). The van der Waals surface area contributed by atoms with Gasteiger partial charge in [-0.2, -0.15) is 0 Å². The third-order valence-electron chi connectivity index (χ3n) is 2.81. The van der Waals surface area contributed by atoms with Gasteiger partial charge in [-0.05, 0) is 31.5 Å². The van der Waals surface area contributed by atoms with E-state index in [0.717, 1.165) is 15.4 Å². The number of nitrogens with one attached hydrogen (secondary N) is 1. The van der Waals surface area contributed by atoms with Crippen molar-refractivity contribution >= 4 is 17.2 Å². The van der Waals surface area contributed by atoms with Gasteiger partial charge in [0.2, 0.25) is 0 Å². The van der Waals surface area contributed by atoms with Gasteiger partial charge in [-0.25, -0.2) is 4.98 Å². The van der Waals surface area contributed by atoms with Gasteiger partial charge in [0.25, 0.3) is 5.91 Å². The SMILES string of the molecule is Cc1cnc(C(C)NC(=O)c2ccc(CN)cc2)s1. The van der Waals surface area contributed by atoms with Crippen LogP contribution in [0.3, 0.4) is 0 Å². The van der Waals surface area contributed by atoms with Crippen LogP contribution in [0.1, 0.15) is 38.8 Å². The van der Waals surface area contributed by atoms with Crippen molar-refractivity contribution in [2.75, 3.05) is 0 Å². The van der Waals surface area contributed by atoms with E-state index in [9.17, 15) is 4.79 Å². The molecular weight excluding hydrogens is 258 g/mol. The zero-order chi connectivity index (χ0) is 13.8. The second kappa shape index (κ2) is 5.95. The number of carbonyl (C=O) groups excluding carboxylic acids is 1. The lowest BCUT2D eigenvalue weighted by Crippen LogP contribution is -2.26. The monoisotopic (exact) mass is 275 g/mol. The van der Waals surface area contributed by atoms with Crippen LogP contribution in [0, 0.1) is 6.92 Å². The fourth-order valence-electron chi connectivity index (χ4n) is 1.71. The molecule has 0 aliphatic rings. The van der Waals surface area contributed by atoms with E-state index in [0.29, 0.717) is 12.1 Å². The quantitative estimate of drug-likeness (QED) is 0.900. The zero-order valence-electron chi connectivity index (χ0n) is 11.0. The Balaban J connectivity index is 2.03. The van der Waals surface area contributed by atoms with E-state index < -0.39 is 0 Å². The van der Waals surface area contributed by atoms with Crippen LogP contribution in [-0.2, 0) is 6.54 Å². The van der Waals surface area contributed by atoms with E-state index in [-0.39, 0.29) is 11.9 Å². The second-order valence-electron chi connectivity index (χ2n) is 4.41. The van der Waals surface area contributed by atoms with Crippen molar-refractivity contribution in [2.45, 2.75) is 26.4 Å². The summed E-state index contributed by atoms with van der Waals surface area (Å²) < 4.78 is 0. The first-order chi connectivity index (χ1) is 9.10. The lowest BCUT2D eigenvalue weighted by atomic mass is 10.1. The summed E-state index contributed by atoms with van der Waals surface area (Å²) in [5, 5.41) is 3.86. The van der Waals surface area contributed by atoms with Gasteiger partial charge in [0.15, 0.2) is 0 Å². The average Bonchev–Trinajstić information content (AvgIpc) is 2.85. The smallest absolute Gasteiger partial charge is 0.251 e. The molecule has 1 aromatic carbocycles. The highest BCUT2D eigenvalue weighted by Crippen LogP contribution is 2.19. The van der Waals surface area contributed by atoms with Crippen LogP contribution < -0.4 is 11.1 Å². The molecule has 3 N–H and O–H groups in total. The molecule has 1 heterocycles. The minimum absolute atomic E-state index is 0.0830. The molecule has 1 atom stereocenters. The molecule has 1 unspecified atom stereocenters. The van der Waals surface area contributed by atoms with Crippen molar-refractivity contribution in [3.63, 3.8) is 0 Å². The van der Waals surface area contributed by atoms with Gasteiger partial charge in [-0.15, -0.1) is 11.3 Å². The van der Waals surface area contributed by atoms with Crippen molar-refractivity contribution in [3.8, 4) is 0 Å². The van der Waals surface area contributed by atoms with Crippen molar-refractivity contribution < 1.29 is 4.79 Å². The highest BCUT2D eigenvalue weighted by Gasteiger charge is 2.13. The first-order valence-electron chi connectivity index (χ1n) is 6.12. The molecule has 0 saturated heterocycles. The molecule has 0 radical (unpaired) electrons. The number of thiazole rings is 1. The van der Waals surface area contributed by atoms with Crippen LogP contribution >= 0.6 is 11.3 Å². The summed E-state index contributed by atoms with van der Waals surface area (Å²) in [5.41, 5.74) is 7.18. The number of benzene rings is 1. The molecule has 2 aromatic rings. The molecule has 1 aromatic heterocycles. The molecule has 1 amide bonds. The number of nitrogens with zero attached hydrogens (tertiary/aromatic N) is 1. The van der Waals surface area contributed by atoms with Crippen LogP contribution in [0.25, 0.3) is 0 Å². The summed E-state index contributed by atoms with van der Waals surface area (Å²) >= 11 is 1.60. The number of hydrogen-bond donors (Lipinski definition) is 2. The largest absolute Gasteiger partial charge is 0.343 e. The van der Waals surface area contributed by atoms with Gasteiger partial charge in [0.05, 0.1) is 6.04 Å². The lowest BCUT2D eigenvalue weighted by molar-refractivity contribution is 0.0940. The number of aromatic nitrogens is 1. The van der Waals surface area contributed by atoms with E-state index in [1.807, 2.05) is 32.2 Å². The summed E-state index contributed by atoms with van der Waals surface area (Å²) in [4.78, 5) is 17.5. The fraction of sp³-hybridized carbons (Fsp3) is 0.286. The maximum atomic E-state index is 12.1. The molecule has 0 fully saturated rings. The fourth-order valence-corrected chi connectivity index (χ4v) is 2.48. The van der Waals surface area contributed by atoms with Crippen molar-refractivity contribution in [1.82, 2.24) is 10.3 Å². The van der Waals surface area contributed by atoms with Gasteiger partial charge in [-0.3, -0.25) is 4.79 Å². The van der Waals surface area contributed by atoms with Gasteiger partial charge >= 0.3 is 0 Å². The zero-order valence-corrected chi connectivity index (χ0v) is 11.8. The van der Waals surface area contributed by atoms with Gasteiger partial charge < -0.3 is 11.1 Å². The predicted molar refractivity (Wildman–Crippen MR) is 77.1 cm³/mol. The molecule has 2 rings (SSSR count). The summed E-state index contributed by atoms with van der Waals surface area (Å²) in [7, 11) is 0. The first-order valence-corrected chi connectivity index (χ1v) is 6.94. The predicted octanol–water partition coefficient (Wildman–Crippen LogP) is 2.40. The minimum atomic E-state index is -0.0936. The summed E-state index contributed by atoms with van der Waals surface area (Å²) in [5.74, 6) is -0.0936. The van der Waals surface area contributed by atoms with Crippen molar-refractivity contribution in [1.29, 1.82) is 0 Å². The molecule has 0 spiro atoms.